The summed E-state index contributed by atoms with van der Waals surface area (Å²) in [6.07, 6.45) is 4.35. The number of hydrogen-bond donors (Lipinski definition) is 2. The van der Waals surface area contributed by atoms with Gasteiger partial charge in [0.25, 0.3) is 10.0 Å². The number of carbonyl (C=O) groups excluding carboxylic acids is 1. The van der Waals surface area contributed by atoms with Crippen molar-refractivity contribution in [3.8, 4) is 0 Å². The van der Waals surface area contributed by atoms with E-state index >= 15 is 0 Å². The van der Waals surface area contributed by atoms with E-state index in [0.29, 0.717) is 22.3 Å². The summed E-state index contributed by atoms with van der Waals surface area (Å²) in [4.78, 5) is 21.1. The fraction of sp³-hybridized carbons (Fsp3) is 0. The first-order valence-electron chi connectivity index (χ1n) is 10.8. The highest BCUT2D eigenvalue weighted by atomic mass is 32.2. The van der Waals surface area contributed by atoms with E-state index in [0.717, 1.165) is 10.8 Å². The molecule has 35 heavy (non-hydrogen) atoms. The molecule has 2 N–H and O–H groups in total. The Morgan fingerprint density at radius 1 is 0.800 bits per heavy atom. The molecule has 8 heteroatoms. The van der Waals surface area contributed by atoms with Crippen LogP contribution in [0.1, 0.15) is 10.4 Å². The summed E-state index contributed by atoms with van der Waals surface area (Å²) in [5.41, 5.74) is 2.50. The number of hydrogen-bond acceptors (Lipinski definition) is 6. The van der Waals surface area contributed by atoms with Gasteiger partial charge in [-0.25, -0.2) is 13.4 Å². The maximum atomic E-state index is 12.7. The number of allylic oxidation sites excluding steroid dienone is 1. The van der Waals surface area contributed by atoms with Crippen LogP contribution in [0, 0.1) is 0 Å². The molecule has 5 rings (SSSR count). The number of ketones is 1. The molecule has 172 valence electrons. The molecule has 7 nitrogen and oxygen atoms in total. The van der Waals surface area contributed by atoms with Gasteiger partial charge in [0.05, 0.1) is 22.1 Å². The van der Waals surface area contributed by atoms with Gasteiger partial charge in [0.1, 0.15) is 0 Å². The van der Waals surface area contributed by atoms with E-state index in [1.807, 2.05) is 48.5 Å². The molecule has 0 aliphatic carbocycles. The highest BCUT2D eigenvalue weighted by molar-refractivity contribution is 7.92. The summed E-state index contributed by atoms with van der Waals surface area (Å²) in [7, 11) is -3.84. The number of para-hydroxylation sites is 2. The van der Waals surface area contributed by atoms with E-state index in [1.54, 1.807) is 30.3 Å². The van der Waals surface area contributed by atoms with Crippen molar-refractivity contribution in [3.05, 3.63) is 115 Å². The summed E-state index contributed by atoms with van der Waals surface area (Å²) >= 11 is 0. The van der Waals surface area contributed by atoms with Crippen LogP contribution in [0.2, 0.25) is 0 Å². The maximum absolute atomic E-state index is 12.7. The molecule has 1 aromatic heterocycles. The van der Waals surface area contributed by atoms with Gasteiger partial charge < -0.3 is 5.32 Å². The quantitative estimate of drug-likeness (QED) is 0.239. The van der Waals surface area contributed by atoms with Crippen LogP contribution in [0.3, 0.4) is 0 Å². The minimum Gasteiger partial charge on any atom is -0.362 e. The van der Waals surface area contributed by atoms with E-state index in [1.165, 1.54) is 30.6 Å². The van der Waals surface area contributed by atoms with E-state index in [4.69, 9.17) is 0 Å². The summed E-state index contributed by atoms with van der Waals surface area (Å²) in [6, 6.07) is 26.8. The number of anilines is 2. The van der Waals surface area contributed by atoms with Crippen LogP contribution < -0.4 is 10.0 Å². The maximum Gasteiger partial charge on any atom is 0.263 e. The second-order valence-corrected chi connectivity index (χ2v) is 9.46. The zero-order chi connectivity index (χ0) is 24.3. The molecule has 0 saturated heterocycles. The number of sulfonamides is 1. The number of aromatic nitrogens is 2. The lowest BCUT2D eigenvalue weighted by Gasteiger charge is -2.08. The van der Waals surface area contributed by atoms with Crippen LogP contribution in [-0.4, -0.2) is 24.2 Å². The second kappa shape index (κ2) is 9.36. The van der Waals surface area contributed by atoms with Crippen molar-refractivity contribution < 1.29 is 13.2 Å². The van der Waals surface area contributed by atoms with Crippen molar-refractivity contribution in [1.29, 1.82) is 0 Å². The lowest BCUT2D eigenvalue weighted by Crippen LogP contribution is -2.14. The first-order chi connectivity index (χ1) is 17.0. The number of nitrogens with one attached hydrogen (secondary N) is 2. The number of rotatable bonds is 7. The van der Waals surface area contributed by atoms with Gasteiger partial charge in [-0.3, -0.25) is 14.5 Å². The third-order valence-corrected chi connectivity index (χ3v) is 6.74. The minimum atomic E-state index is -3.84. The molecule has 5 aromatic rings. The molecule has 0 spiro atoms. The molecule has 0 unspecified atom stereocenters. The number of nitrogens with zero attached hydrogens (tertiary/aromatic N) is 2. The topological polar surface area (TPSA) is 101 Å². The normalized spacial score (nSPS) is 11.7. The molecule has 1 heterocycles. The van der Waals surface area contributed by atoms with Crippen molar-refractivity contribution in [2.45, 2.75) is 4.90 Å². The monoisotopic (exact) mass is 480 g/mol. The molecular formula is C27H20N4O3S. The smallest absolute Gasteiger partial charge is 0.263 e. The molecule has 0 aliphatic heterocycles. The van der Waals surface area contributed by atoms with Gasteiger partial charge in [-0.05, 0) is 53.2 Å². The SMILES string of the molecule is O=C(/C=C\Nc1ccc(S(=O)(=O)Nc2cnc3ccccc3n2)cc1)c1ccc2ccccc2c1. The van der Waals surface area contributed by atoms with Crippen LogP contribution >= 0.6 is 0 Å². The highest BCUT2D eigenvalue weighted by Crippen LogP contribution is 2.19. The molecule has 4 aromatic carbocycles. The van der Waals surface area contributed by atoms with Crippen molar-refractivity contribution in [2.75, 3.05) is 10.0 Å². The third kappa shape index (κ3) is 5.02. The van der Waals surface area contributed by atoms with E-state index in [9.17, 15) is 13.2 Å². The summed E-state index contributed by atoms with van der Waals surface area (Å²) < 4.78 is 27.9. The van der Waals surface area contributed by atoms with Gasteiger partial charge in [-0.1, -0.05) is 48.5 Å². The number of carbonyl (C=O) groups is 1. The average Bonchev–Trinajstić information content (AvgIpc) is 2.88. The molecule has 0 radical (unpaired) electrons. The molecule has 0 atom stereocenters. The average molecular weight is 481 g/mol. The van der Waals surface area contributed by atoms with Crippen LogP contribution in [-0.2, 0) is 10.0 Å². The van der Waals surface area contributed by atoms with Crippen molar-refractivity contribution >= 4 is 49.1 Å². The Morgan fingerprint density at radius 3 is 2.31 bits per heavy atom. The van der Waals surface area contributed by atoms with E-state index in [2.05, 4.69) is 20.0 Å². The van der Waals surface area contributed by atoms with Crippen LogP contribution in [0.15, 0.2) is 114 Å². The Balaban J connectivity index is 1.24. The Bertz CT molecular complexity index is 1680. The van der Waals surface area contributed by atoms with E-state index in [-0.39, 0.29) is 16.5 Å². The zero-order valence-corrected chi connectivity index (χ0v) is 19.2. The van der Waals surface area contributed by atoms with Crippen molar-refractivity contribution in [2.24, 2.45) is 0 Å². The number of fused-ring (bicyclic) bond motifs is 2. The predicted molar refractivity (Wildman–Crippen MR) is 138 cm³/mol. The Hall–Kier alpha value is -4.56. The fourth-order valence-electron chi connectivity index (χ4n) is 3.59. The van der Waals surface area contributed by atoms with Gasteiger partial charge >= 0.3 is 0 Å². The van der Waals surface area contributed by atoms with Crippen molar-refractivity contribution in [3.63, 3.8) is 0 Å². The lowest BCUT2D eigenvalue weighted by molar-refractivity contribution is 0.104. The highest BCUT2D eigenvalue weighted by Gasteiger charge is 2.15. The summed E-state index contributed by atoms with van der Waals surface area (Å²) in [5.74, 6) is 0.00387. The molecule has 0 saturated carbocycles. The third-order valence-electron chi connectivity index (χ3n) is 5.37. The summed E-state index contributed by atoms with van der Waals surface area (Å²) in [6.45, 7) is 0. The molecule has 0 bridgehead atoms. The van der Waals surface area contributed by atoms with Crippen molar-refractivity contribution in [1.82, 2.24) is 9.97 Å². The van der Waals surface area contributed by atoms with Gasteiger partial charge in [0, 0.05) is 23.5 Å². The second-order valence-electron chi connectivity index (χ2n) is 7.78. The van der Waals surface area contributed by atoms with Crippen LogP contribution in [0.4, 0.5) is 11.5 Å². The Kier molecular flexibility index (Phi) is 5.95. The Morgan fingerprint density at radius 2 is 1.51 bits per heavy atom. The van der Waals surface area contributed by atoms with Crippen LogP contribution in [0.25, 0.3) is 21.8 Å². The molecule has 0 aliphatic rings. The first-order valence-corrected chi connectivity index (χ1v) is 12.3. The minimum absolute atomic E-state index is 0.0780. The summed E-state index contributed by atoms with van der Waals surface area (Å²) in [5, 5.41) is 5.06. The van der Waals surface area contributed by atoms with Gasteiger partial charge in [-0.2, -0.15) is 0 Å². The Labute approximate surface area is 202 Å². The van der Waals surface area contributed by atoms with Gasteiger partial charge in [-0.15, -0.1) is 0 Å². The molecular weight excluding hydrogens is 460 g/mol. The fourth-order valence-corrected chi connectivity index (χ4v) is 4.57. The van der Waals surface area contributed by atoms with Gasteiger partial charge in [0.15, 0.2) is 11.6 Å². The lowest BCUT2D eigenvalue weighted by atomic mass is 10.0. The largest absolute Gasteiger partial charge is 0.362 e. The first kappa shape index (κ1) is 22.2. The zero-order valence-electron chi connectivity index (χ0n) is 18.4. The number of benzene rings is 4. The van der Waals surface area contributed by atoms with E-state index < -0.39 is 10.0 Å². The van der Waals surface area contributed by atoms with Gasteiger partial charge in [0.2, 0.25) is 0 Å². The predicted octanol–water partition coefficient (Wildman–Crippen LogP) is 5.39. The molecule has 0 amide bonds. The standard InChI is InChI=1S/C27H20N4O3S/c32-26(21-10-9-19-5-1-2-6-20(19)17-21)15-16-28-22-11-13-23(14-12-22)35(33,34)31-27-18-29-24-7-3-4-8-25(24)30-27/h1-18,28H,(H,30,31)/b16-15-. The molecule has 0 fully saturated rings. The van der Waals surface area contributed by atoms with Crippen LogP contribution in [0.5, 0.6) is 0 Å².